The number of hydrogen-bond acceptors (Lipinski definition) is 3. The molecule has 0 bridgehead atoms. The van der Waals surface area contributed by atoms with Crippen molar-refractivity contribution in [2.24, 2.45) is 0 Å². The first-order valence-corrected chi connectivity index (χ1v) is 16.3. The third kappa shape index (κ3) is 8.23. The van der Waals surface area contributed by atoms with Crippen molar-refractivity contribution in [1.29, 1.82) is 0 Å². The van der Waals surface area contributed by atoms with Crippen molar-refractivity contribution in [3.05, 3.63) is 168 Å². The molecule has 4 rings (SSSR count). The van der Waals surface area contributed by atoms with E-state index in [-0.39, 0.29) is 20.4 Å². The van der Waals surface area contributed by atoms with Gasteiger partial charge in [-0.25, -0.2) is 0 Å². The quantitative estimate of drug-likeness (QED) is 0.108. The van der Waals surface area contributed by atoms with Crippen LogP contribution in [0.3, 0.4) is 0 Å². The van der Waals surface area contributed by atoms with Crippen LogP contribution in [0.2, 0.25) is 0 Å². The molecule has 0 fully saturated rings. The molecule has 0 spiro atoms. The van der Waals surface area contributed by atoms with E-state index >= 15 is 0 Å². The first-order chi connectivity index (χ1) is 20.4. The maximum Gasteiger partial charge on any atom is 0.215 e. The Morgan fingerprint density at radius 1 is 0.907 bits per heavy atom. The van der Waals surface area contributed by atoms with E-state index in [0.29, 0.717) is 6.04 Å². The van der Waals surface area contributed by atoms with Crippen molar-refractivity contribution in [3.63, 3.8) is 0 Å². The Morgan fingerprint density at radius 2 is 1.56 bits per heavy atom. The molecule has 3 nitrogen and oxygen atoms in total. The molecule has 1 aliphatic heterocycles. The molecule has 5 heteroatoms. The van der Waals surface area contributed by atoms with Gasteiger partial charge in [0.25, 0.3) is 0 Å². The number of hydrogen-bond donors (Lipinski definition) is 3. The fraction of sp³-hybridized carbons (Fsp3) is 0.211. The van der Waals surface area contributed by atoms with Crippen LogP contribution in [-0.2, 0) is 25.8 Å². The van der Waals surface area contributed by atoms with Gasteiger partial charge in [-0.05, 0) is 62.6 Å². The molecule has 0 saturated heterocycles. The van der Waals surface area contributed by atoms with Crippen molar-refractivity contribution in [1.82, 2.24) is 10.6 Å². The standard InChI is InChI=1S/C22H24OP.C16H22N2.Pd/c1-5-6-7-13-18(3)24(20-15-10-8-12-17(20)2)21-16-11-9-14-19(21)22(24,4)23;1-3-4-5-9-12-16(18-14-13-17-2)15-10-7-6-8-11-15;/h5-16,23H,1H2,2-4H3;3-11,13-14,16-18H,12H2,1-2H3;/q+1;;/b7-6-,18-13+;4-3-,9-5-,14-13-;. The van der Waals surface area contributed by atoms with E-state index in [1.54, 1.807) is 6.08 Å². The molecule has 0 aromatic heterocycles. The number of allylic oxidation sites excluding steroid dienone is 8. The number of aliphatic hydroxyl groups is 1. The molecule has 3 aromatic carbocycles. The second kappa shape index (κ2) is 17.8. The topological polar surface area (TPSA) is 44.3 Å². The van der Waals surface area contributed by atoms with E-state index < -0.39 is 12.6 Å². The molecule has 3 N–H and O–H groups in total. The second-order valence-corrected chi connectivity index (χ2v) is 14.2. The Kier molecular flexibility index (Phi) is 14.9. The third-order valence-corrected chi connectivity index (χ3v) is 12.7. The molecule has 43 heavy (non-hydrogen) atoms. The van der Waals surface area contributed by atoms with Gasteiger partial charge in [-0.3, -0.25) is 0 Å². The van der Waals surface area contributed by atoms with E-state index in [1.807, 2.05) is 69.7 Å². The summed E-state index contributed by atoms with van der Waals surface area (Å²) in [6, 6.07) is 27.6. The van der Waals surface area contributed by atoms with E-state index in [9.17, 15) is 5.11 Å². The second-order valence-electron chi connectivity index (χ2n) is 10.4. The summed E-state index contributed by atoms with van der Waals surface area (Å²) in [6.45, 7) is 12.0. The van der Waals surface area contributed by atoms with Crippen molar-refractivity contribution < 1.29 is 25.5 Å². The Balaban J connectivity index is 0.000000306. The summed E-state index contributed by atoms with van der Waals surface area (Å²) >= 11 is 0. The maximum atomic E-state index is 11.5. The SMILES string of the molecule is C/C=C\C=C/CC(N/C=C\NC)c1ccccc1.C=C/C=C\C=C(/C)[P+]1(c2ccccc2C)c2ccccc2C1(C)O.[Pd]. The van der Waals surface area contributed by atoms with Crippen LogP contribution >= 0.6 is 7.26 Å². The van der Waals surface area contributed by atoms with Crippen molar-refractivity contribution in [2.45, 2.75) is 45.5 Å². The van der Waals surface area contributed by atoms with Crippen LogP contribution in [0.25, 0.3) is 0 Å². The van der Waals surface area contributed by atoms with Gasteiger partial charge in [0.05, 0.1) is 16.9 Å². The summed E-state index contributed by atoms with van der Waals surface area (Å²) in [4.78, 5) is 0. The average molecular weight is 684 g/mol. The average Bonchev–Trinajstić information content (AvgIpc) is 3.00. The molecule has 3 atom stereocenters. The smallest absolute Gasteiger partial charge is 0.215 e. The molecule has 3 aromatic rings. The number of aryl methyl sites for hydroxylation is 1. The van der Waals surface area contributed by atoms with Gasteiger partial charge in [0.2, 0.25) is 5.34 Å². The van der Waals surface area contributed by atoms with Gasteiger partial charge in [0.15, 0.2) is 0 Å². The molecule has 0 aliphatic carbocycles. The normalized spacial score (nSPS) is 20.2. The van der Waals surface area contributed by atoms with Crippen LogP contribution in [0.1, 0.15) is 49.9 Å². The first kappa shape index (κ1) is 35.9. The number of fused-ring (bicyclic) bond motifs is 1. The van der Waals surface area contributed by atoms with Crippen molar-refractivity contribution in [3.8, 4) is 0 Å². The monoisotopic (exact) mass is 683 g/mol. The van der Waals surface area contributed by atoms with Crippen molar-refractivity contribution in [2.75, 3.05) is 7.05 Å². The molecule has 0 radical (unpaired) electrons. The Hall–Kier alpha value is -3.25. The van der Waals surface area contributed by atoms with Gasteiger partial charge >= 0.3 is 0 Å². The fourth-order valence-corrected chi connectivity index (χ4v) is 10.8. The van der Waals surface area contributed by atoms with Gasteiger partial charge in [0.1, 0.15) is 17.9 Å². The maximum absolute atomic E-state index is 11.5. The van der Waals surface area contributed by atoms with E-state index in [1.165, 1.54) is 27.1 Å². The molecular weight excluding hydrogens is 638 g/mol. The molecule has 1 aliphatic rings. The number of nitrogens with one attached hydrogen (secondary N) is 2. The van der Waals surface area contributed by atoms with Crippen LogP contribution in [0.15, 0.2) is 152 Å². The predicted octanol–water partition coefficient (Wildman–Crippen LogP) is 8.32. The van der Waals surface area contributed by atoms with E-state index in [0.717, 1.165) is 12.0 Å². The van der Waals surface area contributed by atoms with E-state index in [2.05, 4.69) is 116 Å². The van der Waals surface area contributed by atoms with Crippen molar-refractivity contribution >= 4 is 17.9 Å². The third-order valence-electron chi connectivity index (χ3n) is 7.58. The zero-order valence-electron chi connectivity index (χ0n) is 26.0. The van der Waals surface area contributed by atoms with Gasteiger partial charge in [-0.15, -0.1) is 0 Å². The molecular formula is C38H46N2OPPd+. The van der Waals surface area contributed by atoms with Gasteiger partial charge < -0.3 is 15.7 Å². The largest absolute Gasteiger partial charge is 0.393 e. The van der Waals surface area contributed by atoms with Crippen LogP contribution in [0, 0.1) is 6.92 Å². The fourth-order valence-electron chi connectivity index (χ4n) is 5.58. The van der Waals surface area contributed by atoms with Gasteiger partial charge in [-0.2, -0.15) is 0 Å². The van der Waals surface area contributed by atoms with Crippen LogP contribution in [-0.4, -0.2) is 12.2 Å². The summed E-state index contributed by atoms with van der Waals surface area (Å²) < 4.78 is 0. The number of rotatable bonds is 11. The minimum Gasteiger partial charge on any atom is -0.393 e. The van der Waals surface area contributed by atoms with Gasteiger partial charge in [0, 0.05) is 46.8 Å². The summed E-state index contributed by atoms with van der Waals surface area (Å²) in [5, 5.41) is 20.9. The van der Waals surface area contributed by atoms with Crippen LogP contribution in [0.4, 0.5) is 0 Å². The van der Waals surface area contributed by atoms with E-state index in [4.69, 9.17) is 0 Å². The van der Waals surface area contributed by atoms with Crippen LogP contribution in [0.5, 0.6) is 0 Å². The van der Waals surface area contributed by atoms with Gasteiger partial charge in [-0.1, -0.05) is 110 Å². The minimum absolute atomic E-state index is 0. The molecule has 228 valence electrons. The Labute approximate surface area is 273 Å². The summed E-state index contributed by atoms with van der Waals surface area (Å²) in [6.07, 6.45) is 21.0. The minimum atomic E-state index is -2.05. The number of benzene rings is 3. The Bertz CT molecular complexity index is 1460. The summed E-state index contributed by atoms with van der Waals surface area (Å²) in [5.74, 6) is 0. The first-order valence-electron chi connectivity index (χ1n) is 14.5. The zero-order valence-corrected chi connectivity index (χ0v) is 28.4. The molecule has 0 amide bonds. The summed E-state index contributed by atoms with van der Waals surface area (Å²) in [7, 11) is -0.162. The predicted molar refractivity (Wildman–Crippen MR) is 186 cm³/mol. The summed E-state index contributed by atoms with van der Waals surface area (Å²) in [5.41, 5.74) is 3.59. The molecule has 3 unspecified atom stereocenters. The molecule has 0 saturated carbocycles. The Morgan fingerprint density at radius 3 is 2.21 bits per heavy atom. The molecule has 1 heterocycles. The van der Waals surface area contributed by atoms with Crippen LogP contribution < -0.4 is 21.2 Å². The zero-order chi connectivity index (χ0) is 30.4.